The molecule has 2 unspecified atom stereocenters. The number of ketones is 1. The van der Waals surface area contributed by atoms with Crippen LogP contribution in [0.2, 0.25) is 0 Å². The molecule has 1 aliphatic carbocycles. The zero-order chi connectivity index (χ0) is 24.8. The van der Waals surface area contributed by atoms with E-state index in [2.05, 4.69) is 0 Å². The fraction of sp³-hybridized carbons (Fsp3) is 0.375. The second-order valence-corrected chi connectivity index (χ2v) is 7.86. The normalized spacial score (nSPS) is 21.8. The number of halogens is 5. The number of rotatable bonds is 1. The standard InChI is InChI=1S/C15H14F2O3.C8H7F3.CH2O/c16-12-1-2-13(17)14-11(12)7-20-6-9-5-10(19)3-4-15(9,14)8-18;1-6-2-4-7(5-3-6)8(9,10)11;1-2/h1-2,8-9H,3-7H2;2-5H,1H3;1H2. The van der Waals surface area contributed by atoms with E-state index in [0.717, 1.165) is 29.8 Å². The summed E-state index contributed by atoms with van der Waals surface area (Å²) in [5.74, 6) is -1.55. The second kappa shape index (κ2) is 10.8. The molecular weight excluding hydrogens is 447 g/mol. The van der Waals surface area contributed by atoms with Crippen molar-refractivity contribution in [1.82, 2.24) is 0 Å². The van der Waals surface area contributed by atoms with E-state index >= 15 is 0 Å². The molecule has 1 heterocycles. The number of fused-ring (bicyclic) bond motifs is 3. The molecule has 0 amide bonds. The van der Waals surface area contributed by atoms with Crippen molar-refractivity contribution in [2.45, 2.75) is 44.4 Å². The van der Waals surface area contributed by atoms with Crippen LogP contribution in [0, 0.1) is 24.5 Å². The first-order chi connectivity index (χ1) is 15.6. The molecule has 1 fully saturated rings. The molecule has 4 rings (SSSR count). The van der Waals surface area contributed by atoms with Crippen molar-refractivity contribution in [3.8, 4) is 0 Å². The monoisotopic (exact) mass is 470 g/mol. The van der Waals surface area contributed by atoms with E-state index in [4.69, 9.17) is 9.53 Å². The van der Waals surface area contributed by atoms with Gasteiger partial charge >= 0.3 is 6.18 Å². The number of ether oxygens (including phenoxy) is 1. The average Bonchev–Trinajstić information content (AvgIpc) is 2.96. The summed E-state index contributed by atoms with van der Waals surface area (Å²) in [5, 5.41) is 0. The third kappa shape index (κ3) is 5.71. The first kappa shape index (κ1) is 26.3. The second-order valence-electron chi connectivity index (χ2n) is 7.86. The summed E-state index contributed by atoms with van der Waals surface area (Å²) in [4.78, 5) is 31.4. The van der Waals surface area contributed by atoms with E-state index in [1.165, 1.54) is 12.1 Å². The highest BCUT2D eigenvalue weighted by Gasteiger charge is 2.49. The van der Waals surface area contributed by atoms with Gasteiger partial charge in [-0.2, -0.15) is 13.2 Å². The van der Waals surface area contributed by atoms with Crippen LogP contribution in [0.1, 0.15) is 41.5 Å². The Hall–Kier alpha value is -2.94. The van der Waals surface area contributed by atoms with Crippen LogP contribution in [0.5, 0.6) is 0 Å². The van der Waals surface area contributed by atoms with Gasteiger partial charge in [0.25, 0.3) is 0 Å². The van der Waals surface area contributed by atoms with Crippen LogP contribution in [0.3, 0.4) is 0 Å². The fourth-order valence-corrected chi connectivity index (χ4v) is 4.14. The minimum absolute atomic E-state index is 0.0383. The smallest absolute Gasteiger partial charge is 0.376 e. The number of carbonyl (C=O) groups is 3. The highest BCUT2D eigenvalue weighted by atomic mass is 19.4. The molecular formula is C24H23F5O4. The van der Waals surface area contributed by atoms with Crippen LogP contribution >= 0.6 is 0 Å². The van der Waals surface area contributed by atoms with Crippen molar-refractivity contribution in [3.05, 3.63) is 70.3 Å². The molecule has 0 aromatic heterocycles. The van der Waals surface area contributed by atoms with Gasteiger partial charge in [0.1, 0.15) is 30.5 Å². The summed E-state index contributed by atoms with van der Waals surface area (Å²) >= 11 is 0. The van der Waals surface area contributed by atoms with Gasteiger partial charge in [-0.1, -0.05) is 17.7 Å². The Morgan fingerprint density at radius 3 is 2.24 bits per heavy atom. The Bertz CT molecular complexity index is 988. The fourth-order valence-electron chi connectivity index (χ4n) is 4.14. The molecule has 2 aromatic rings. The van der Waals surface area contributed by atoms with Crippen LogP contribution in [0.4, 0.5) is 22.0 Å². The van der Waals surface area contributed by atoms with Crippen LogP contribution in [0.15, 0.2) is 36.4 Å². The highest BCUT2D eigenvalue weighted by molar-refractivity contribution is 5.84. The molecule has 1 aliphatic heterocycles. The van der Waals surface area contributed by atoms with Gasteiger partial charge in [0, 0.05) is 29.9 Å². The average molecular weight is 470 g/mol. The van der Waals surface area contributed by atoms with Crippen molar-refractivity contribution in [2.24, 2.45) is 5.92 Å². The number of Topliss-reactive ketones (excluding diaryl/α,β-unsaturated/α-hetero) is 1. The largest absolute Gasteiger partial charge is 0.416 e. The molecule has 33 heavy (non-hydrogen) atoms. The number of hydrogen-bond donors (Lipinski definition) is 0. The van der Waals surface area contributed by atoms with Gasteiger partial charge in [0.15, 0.2) is 0 Å². The molecule has 0 spiro atoms. The maximum atomic E-state index is 14.3. The van der Waals surface area contributed by atoms with Gasteiger partial charge < -0.3 is 14.3 Å². The van der Waals surface area contributed by atoms with E-state index in [1.54, 1.807) is 6.92 Å². The molecule has 2 aromatic carbocycles. The molecule has 1 saturated carbocycles. The summed E-state index contributed by atoms with van der Waals surface area (Å²) in [6.07, 6.45) is -2.93. The Morgan fingerprint density at radius 2 is 1.67 bits per heavy atom. The minimum Gasteiger partial charge on any atom is -0.376 e. The Labute approximate surface area is 187 Å². The van der Waals surface area contributed by atoms with Gasteiger partial charge in [-0.05, 0) is 37.6 Å². The lowest BCUT2D eigenvalue weighted by molar-refractivity contribution is -0.137. The lowest BCUT2D eigenvalue weighted by Crippen LogP contribution is -2.44. The lowest BCUT2D eigenvalue weighted by atomic mass is 9.62. The molecule has 2 aliphatic rings. The van der Waals surface area contributed by atoms with E-state index in [9.17, 15) is 31.5 Å². The summed E-state index contributed by atoms with van der Waals surface area (Å²) in [5.41, 5.74) is -0.719. The van der Waals surface area contributed by atoms with E-state index < -0.39 is 34.7 Å². The topological polar surface area (TPSA) is 60.4 Å². The molecule has 4 nitrogen and oxygen atoms in total. The van der Waals surface area contributed by atoms with Crippen molar-refractivity contribution in [1.29, 1.82) is 0 Å². The zero-order valence-corrected chi connectivity index (χ0v) is 17.9. The lowest BCUT2D eigenvalue weighted by Gasteiger charge is -2.39. The molecule has 0 N–H and O–H groups in total. The van der Waals surface area contributed by atoms with Crippen molar-refractivity contribution >= 4 is 18.9 Å². The quantitative estimate of drug-likeness (QED) is 0.428. The molecule has 0 radical (unpaired) electrons. The molecule has 178 valence electrons. The maximum absolute atomic E-state index is 14.3. The van der Waals surface area contributed by atoms with Crippen LogP contribution in [-0.4, -0.2) is 25.5 Å². The molecule has 0 bridgehead atoms. The van der Waals surface area contributed by atoms with E-state index in [-0.39, 0.29) is 49.4 Å². The van der Waals surface area contributed by atoms with Gasteiger partial charge in [0.05, 0.1) is 24.2 Å². The first-order valence-electron chi connectivity index (χ1n) is 10.0. The zero-order valence-electron chi connectivity index (χ0n) is 17.9. The van der Waals surface area contributed by atoms with E-state index in [0.29, 0.717) is 6.29 Å². The van der Waals surface area contributed by atoms with Gasteiger partial charge in [-0.25, -0.2) is 8.78 Å². The number of aldehydes is 1. The van der Waals surface area contributed by atoms with Gasteiger partial charge in [-0.3, -0.25) is 4.79 Å². The number of alkyl halides is 3. The number of hydrogen-bond acceptors (Lipinski definition) is 4. The Morgan fingerprint density at radius 1 is 1.06 bits per heavy atom. The summed E-state index contributed by atoms with van der Waals surface area (Å²) in [6.45, 7) is 3.84. The van der Waals surface area contributed by atoms with Crippen LogP contribution in [0.25, 0.3) is 0 Å². The predicted octanol–water partition coefficient (Wildman–Crippen LogP) is 5.13. The molecule has 2 atom stereocenters. The number of carbonyl (C=O) groups excluding carboxylic acids is 3. The highest BCUT2D eigenvalue weighted by Crippen LogP contribution is 2.46. The van der Waals surface area contributed by atoms with Crippen LogP contribution < -0.4 is 0 Å². The van der Waals surface area contributed by atoms with Gasteiger partial charge in [0.2, 0.25) is 0 Å². The Kier molecular flexibility index (Phi) is 8.60. The Balaban J connectivity index is 0.000000252. The van der Waals surface area contributed by atoms with Gasteiger partial charge in [-0.15, -0.1) is 0 Å². The summed E-state index contributed by atoms with van der Waals surface area (Å²) in [6, 6.07) is 7.14. The third-order valence-corrected chi connectivity index (χ3v) is 5.85. The van der Waals surface area contributed by atoms with Crippen molar-refractivity contribution < 1.29 is 41.1 Å². The molecule has 0 saturated heterocycles. The minimum atomic E-state index is -4.21. The molecule has 9 heteroatoms. The predicted molar refractivity (Wildman–Crippen MR) is 109 cm³/mol. The number of benzene rings is 2. The van der Waals surface area contributed by atoms with Crippen LogP contribution in [-0.2, 0) is 37.3 Å². The first-order valence-corrected chi connectivity index (χ1v) is 10.0. The van der Waals surface area contributed by atoms with E-state index in [1.807, 2.05) is 6.79 Å². The maximum Gasteiger partial charge on any atom is 0.416 e. The summed E-state index contributed by atoms with van der Waals surface area (Å²) < 4.78 is 69.4. The SMILES string of the molecule is C=O.Cc1ccc(C(F)(F)F)cc1.O=CC12CCC(=O)CC1COCc1c(F)ccc(F)c12. The van der Waals surface area contributed by atoms with Crippen molar-refractivity contribution in [2.75, 3.05) is 6.61 Å². The third-order valence-electron chi connectivity index (χ3n) is 5.85. The number of aryl methyl sites for hydroxylation is 1. The summed E-state index contributed by atoms with van der Waals surface area (Å²) in [7, 11) is 0. The van der Waals surface area contributed by atoms with Crippen molar-refractivity contribution in [3.63, 3.8) is 0 Å².